The predicted octanol–water partition coefficient (Wildman–Crippen LogP) is 1.60. The molecule has 2 N–H and O–H groups in total. The highest BCUT2D eigenvalue weighted by atomic mass is 32.1. The Morgan fingerprint density at radius 2 is 2.38 bits per heavy atom. The zero-order valence-electron chi connectivity index (χ0n) is 9.73. The summed E-state index contributed by atoms with van der Waals surface area (Å²) < 4.78 is 5.09. The fourth-order valence-electron chi connectivity index (χ4n) is 1.60. The van der Waals surface area contributed by atoms with Crippen molar-refractivity contribution in [3.63, 3.8) is 0 Å². The molecule has 0 amide bonds. The number of nitrogens with two attached hydrogens (primary N) is 1. The lowest BCUT2D eigenvalue weighted by molar-refractivity contribution is -0.155. The van der Waals surface area contributed by atoms with Crippen LogP contribution in [-0.2, 0) is 16.0 Å². The van der Waals surface area contributed by atoms with Crippen LogP contribution in [0.5, 0.6) is 0 Å². The Kier molecular flexibility index (Phi) is 4.89. The van der Waals surface area contributed by atoms with E-state index in [0.717, 1.165) is 5.69 Å². The van der Waals surface area contributed by atoms with Crippen molar-refractivity contribution in [2.75, 3.05) is 13.2 Å². The number of carbonyl (C=O) groups is 1. The van der Waals surface area contributed by atoms with Gasteiger partial charge in [-0.1, -0.05) is 6.92 Å². The molecule has 5 heteroatoms. The summed E-state index contributed by atoms with van der Waals surface area (Å²) in [6.45, 7) is 4.44. The molecule has 0 saturated carbocycles. The Bertz CT molecular complexity index is 321. The number of thiazole rings is 1. The third-order valence-corrected chi connectivity index (χ3v) is 3.41. The molecule has 90 valence electrons. The molecule has 16 heavy (non-hydrogen) atoms. The van der Waals surface area contributed by atoms with Gasteiger partial charge in [-0.25, -0.2) is 4.98 Å². The van der Waals surface area contributed by atoms with Crippen molar-refractivity contribution in [2.24, 2.45) is 11.1 Å². The quantitative estimate of drug-likeness (QED) is 0.770. The van der Waals surface area contributed by atoms with Crippen LogP contribution in [0, 0.1) is 5.41 Å². The lowest BCUT2D eigenvalue weighted by atomic mass is 9.81. The fourth-order valence-corrected chi connectivity index (χ4v) is 2.16. The maximum Gasteiger partial charge on any atom is 0.313 e. The topological polar surface area (TPSA) is 65.2 Å². The molecule has 1 unspecified atom stereocenters. The first-order valence-electron chi connectivity index (χ1n) is 5.43. The van der Waals surface area contributed by atoms with Crippen molar-refractivity contribution in [3.05, 3.63) is 16.6 Å². The SMILES string of the molecule is CCOC(=O)C(CC)(CN)Cc1cscn1. The van der Waals surface area contributed by atoms with Gasteiger partial charge in [-0.3, -0.25) is 4.79 Å². The molecule has 0 aliphatic carbocycles. The highest BCUT2D eigenvalue weighted by Crippen LogP contribution is 2.27. The van der Waals surface area contributed by atoms with E-state index in [1.165, 1.54) is 11.3 Å². The molecule has 0 radical (unpaired) electrons. The molecule has 0 aromatic carbocycles. The van der Waals surface area contributed by atoms with Crippen LogP contribution >= 0.6 is 11.3 Å². The minimum absolute atomic E-state index is 0.215. The van der Waals surface area contributed by atoms with E-state index in [9.17, 15) is 4.79 Å². The molecule has 1 heterocycles. The second-order valence-corrected chi connectivity index (χ2v) is 4.43. The van der Waals surface area contributed by atoms with E-state index in [0.29, 0.717) is 26.0 Å². The van der Waals surface area contributed by atoms with E-state index < -0.39 is 5.41 Å². The maximum atomic E-state index is 11.9. The molecule has 0 aliphatic heterocycles. The molecule has 0 spiro atoms. The summed E-state index contributed by atoms with van der Waals surface area (Å²) in [5, 5.41) is 1.94. The maximum absolute atomic E-state index is 11.9. The van der Waals surface area contributed by atoms with Gasteiger partial charge in [0.15, 0.2) is 0 Å². The smallest absolute Gasteiger partial charge is 0.313 e. The molecule has 1 aromatic rings. The zero-order chi connectivity index (χ0) is 12.0. The lowest BCUT2D eigenvalue weighted by Crippen LogP contribution is -2.41. The predicted molar refractivity (Wildman–Crippen MR) is 64.2 cm³/mol. The fraction of sp³-hybridized carbons (Fsp3) is 0.636. The monoisotopic (exact) mass is 242 g/mol. The zero-order valence-corrected chi connectivity index (χ0v) is 10.5. The second-order valence-electron chi connectivity index (χ2n) is 3.72. The van der Waals surface area contributed by atoms with Crippen LogP contribution in [-0.4, -0.2) is 24.1 Å². The van der Waals surface area contributed by atoms with Gasteiger partial charge in [-0.15, -0.1) is 11.3 Å². The Labute approximate surface area is 99.8 Å². The van der Waals surface area contributed by atoms with E-state index in [1.54, 1.807) is 12.4 Å². The number of nitrogens with zero attached hydrogens (tertiary/aromatic N) is 1. The molecular formula is C11H18N2O2S. The number of hydrogen-bond donors (Lipinski definition) is 1. The van der Waals surface area contributed by atoms with Gasteiger partial charge in [0, 0.05) is 18.3 Å². The normalized spacial score (nSPS) is 14.4. The lowest BCUT2D eigenvalue weighted by Gasteiger charge is -2.27. The van der Waals surface area contributed by atoms with Crippen LogP contribution in [0.4, 0.5) is 0 Å². The summed E-state index contributed by atoms with van der Waals surface area (Å²) in [6, 6.07) is 0. The number of aromatic nitrogens is 1. The first-order valence-corrected chi connectivity index (χ1v) is 6.37. The minimum Gasteiger partial charge on any atom is -0.466 e. The van der Waals surface area contributed by atoms with E-state index >= 15 is 0 Å². The van der Waals surface area contributed by atoms with Gasteiger partial charge in [0.1, 0.15) is 0 Å². The highest BCUT2D eigenvalue weighted by molar-refractivity contribution is 7.07. The molecular weight excluding hydrogens is 224 g/mol. The summed E-state index contributed by atoms with van der Waals surface area (Å²) >= 11 is 1.52. The molecule has 1 atom stereocenters. The molecule has 4 nitrogen and oxygen atoms in total. The van der Waals surface area contributed by atoms with Gasteiger partial charge >= 0.3 is 5.97 Å². The van der Waals surface area contributed by atoms with Crippen LogP contribution < -0.4 is 5.73 Å². The second kappa shape index (κ2) is 5.96. The average Bonchev–Trinajstić information content (AvgIpc) is 2.79. The van der Waals surface area contributed by atoms with Crippen LogP contribution in [0.2, 0.25) is 0 Å². The third-order valence-electron chi connectivity index (χ3n) is 2.78. The summed E-state index contributed by atoms with van der Waals surface area (Å²) in [6.07, 6.45) is 1.22. The molecule has 0 fully saturated rings. The van der Waals surface area contributed by atoms with Crippen molar-refractivity contribution in [1.82, 2.24) is 4.98 Å². The van der Waals surface area contributed by atoms with Crippen molar-refractivity contribution < 1.29 is 9.53 Å². The standard InChI is InChI=1S/C11H18N2O2S/c1-3-11(7-12,10(14)15-4-2)5-9-6-16-8-13-9/h6,8H,3-5,7,12H2,1-2H3. The molecule has 0 saturated heterocycles. The van der Waals surface area contributed by atoms with Gasteiger partial charge in [-0.2, -0.15) is 0 Å². The van der Waals surface area contributed by atoms with Crippen LogP contribution in [0.1, 0.15) is 26.0 Å². The Morgan fingerprint density at radius 3 is 2.81 bits per heavy atom. The van der Waals surface area contributed by atoms with E-state index in [-0.39, 0.29) is 5.97 Å². The van der Waals surface area contributed by atoms with Gasteiger partial charge in [0.05, 0.1) is 23.2 Å². The molecule has 1 aromatic heterocycles. The van der Waals surface area contributed by atoms with Gasteiger partial charge in [0.2, 0.25) is 0 Å². The van der Waals surface area contributed by atoms with Crippen LogP contribution in [0.3, 0.4) is 0 Å². The molecule has 1 rings (SSSR count). The number of rotatable bonds is 6. The number of carbonyl (C=O) groups excluding carboxylic acids is 1. The summed E-state index contributed by atoms with van der Waals surface area (Å²) in [5.41, 5.74) is 7.79. The van der Waals surface area contributed by atoms with Crippen molar-refractivity contribution in [3.8, 4) is 0 Å². The summed E-state index contributed by atoms with van der Waals surface area (Å²) in [5.74, 6) is -0.215. The first kappa shape index (κ1) is 13.1. The van der Waals surface area contributed by atoms with Gasteiger partial charge in [0.25, 0.3) is 0 Å². The number of ether oxygens (including phenoxy) is 1. The van der Waals surface area contributed by atoms with Crippen LogP contribution in [0.25, 0.3) is 0 Å². The Hall–Kier alpha value is -0.940. The van der Waals surface area contributed by atoms with Crippen molar-refractivity contribution in [1.29, 1.82) is 0 Å². The Balaban J connectivity index is 2.83. The van der Waals surface area contributed by atoms with E-state index in [1.807, 2.05) is 12.3 Å². The number of esters is 1. The minimum atomic E-state index is -0.621. The highest BCUT2D eigenvalue weighted by Gasteiger charge is 2.37. The largest absolute Gasteiger partial charge is 0.466 e. The Morgan fingerprint density at radius 1 is 1.62 bits per heavy atom. The van der Waals surface area contributed by atoms with Crippen molar-refractivity contribution >= 4 is 17.3 Å². The first-order chi connectivity index (χ1) is 7.68. The summed E-state index contributed by atoms with van der Waals surface area (Å²) in [4.78, 5) is 16.1. The molecule has 0 aliphatic rings. The van der Waals surface area contributed by atoms with Gasteiger partial charge < -0.3 is 10.5 Å². The van der Waals surface area contributed by atoms with Crippen LogP contribution in [0.15, 0.2) is 10.9 Å². The van der Waals surface area contributed by atoms with E-state index in [4.69, 9.17) is 10.5 Å². The van der Waals surface area contributed by atoms with E-state index in [2.05, 4.69) is 4.98 Å². The van der Waals surface area contributed by atoms with Crippen molar-refractivity contribution in [2.45, 2.75) is 26.7 Å². The number of hydrogen-bond acceptors (Lipinski definition) is 5. The third kappa shape index (κ3) is 2.80. The summed E-state index contributed by atoms with van der Waals surface area (Å²) in [7, 11) is 0. The average molecular weight is 242 g/mol. The van der Waals surface area contributed by atoms with Gasteiger partial charge in [-0.05, 0) is 13.3 Å². The molecule has 0 bridgehead atoms.